The van der Waals surface area contributed by atoms with E-state index in [1.165, 1.54) is 0 Å². The molecule has 97 heavy (non-hydrogen) atoms. The molecule has 1 aromatic carbocycles. The van der Waals surface area contributed by atoms with Gasteiger partial charge in [0.2, 0.25) is 29.7 Å². The lowest BCUT2D eigenvalue weighted by atomic mass is 10.00. The Kier molecular flexibility index (Phi) is 29.2. The van der Waals surface area contributed by atoms with Gasteiger partial charge in [-0.05, 0) is 104 Å². The van der Waals surface area contributed by atoms with Gasteiger partial charge in [0, 0.05) is 30.5 Å². The van der Waals surface area contributed by atoms with Gasteiger partial charge < -0.3 is 80.8 Å². The Labute approximate surface area is 570 Å². The van der Waals surface area contributed by atoms with Crippen LogP contribution in [0.1, 0.15) is 83.5 Å². The molecular formula is C65H86ClN25O5S. The number of hydrogen-bond donors (Lipinski definition) is 15. The lowest BCUT2D eigenvalue weighted by Gasteiger charge is -2.23. The van der Waals surface area contributed by atoms with Gasteiger partial charge >= 0.3 is 0 Å². The maximum absolute atomic E-state index is 9.62. The predicted molar refractivity (Wildman–Crippen MR) is 389 cm³/mol. The molecule has 0 aliphatic heterocycles. The minimum Gasteiger partial charge on any atom is -0.394 e. The summed E-state index contributed by atoms with van der Waals surface area (Å²) in [6, 6.07) is 25.3. The molecule has 20 N–H and O–H groups in total. The minimum atomic E-state index is -0.286. The zero-order valence-corrected chi connectivity index (χ0v) is 56.5. The van der Waals surface area contributed by atoms with E-state index in [1.54, 1.807) is 66.9 Å². The number of aromatic nitrogens is 15. The number of aliphatic hydroxyl groups excluding tert-OH is 5. The first-order valence-corrected chi connectivity index (χ1v) is 33.3. The van der Waals surface area contributed by atoms with E-state index in [1.807, 2.05) is 67.8 Å². The third-order valence-electron chi connectivity index (χ3n) is 14.8. The number of nitrogen functional groups attached to an aromatic ring is 5. The van der Waals surface area contributed by atoms with Gasteiger partial charge in [0.15, 0.2) is 29.1 Å². The number of nitrogens with two attached hydrogens (primary N) is 5. The number of nitrogens with zero attached hydrogens (tertiary/aromatic N) is 15. The number of pyridine rings is 5. The smallest absolute Gasteiger partial charge is 0.222 e. The topological polar surface area (TPSA) is 485 Å². The molecule has 32 heteroatoms. The summed E-state index contributed by atoms with van der Waals surface area (Å²) in [4.78, 5) is 63.0. The van der Waals surface area contributed by atoms with Crippen molar-refractivity contribution >= 4 is 137 Å². The summed E-state index contributed by atoms with van der Waals surface area (Å²) in [5.74, 6) is 4.91. The molecule has 6 atom stereocenters. The molecule has 0 bridgehead atoms. The summed E-state index contributed by atoms with van der Waals surface area (Å²) in [5, 5.41) is 63.6. The van der Waals surface area contributed by atoms with Crippen LogP contribution in [0.15, 0.2) is 110 Å². The number of fused-ring (bicyclic) bond motifs is 5. The van der Waals surface area contributed by atoms with Crippen LogP contribution in [-0.2, 0) is 0 Å². The monoisotopic (exact) mass is 1360 g/mol. The third-order valence-corrected chi connectivity index (χ3v) is 15.7. The molecule has 0 fully saturated rings. The summed E-state index contributed by atoms with van der Waals surface area (Å²) in [7, 11) is 0. The highest BCUT2D eigenvalue weighted by atomic mass is 35.5. The van der Waals surface area contributed by atoms with Gasteiger partial charge in [0.1, 0.15) is 33.1 Å². The standard InChI is InChI=1S/C15H15N5O.C13H18ClN5O.C13H19N5O.C12H17N5OS.C12H17N5O/c16-15-19-11-7-4-8-17-13(11)14(20-15)18-12(9-21)10-5-2-1-3-6-10;1-3-4-8(6-20)17-12-11-10(18-13(15)19-12)9(14)5-7(2)16-11;1-3-8(2)10(7-19)16-12-11-9(5-4-6-15-11)17-13(14)18-12;1-19-6-4-8(7-18)15-11-10-9(3-2-5-14-10)16-12(13)17-11;1-2-4-8(7-18)15-11-10-9(5-3-6-14-10)16-12(13)17-11/h1-8,12,21H,9H2,(H3,16,18,19,20);5,8,20H,3-4,6H2,1-2H3,(H3,15,17,18,19);4-6,8,10,19H,3,7H2,1-2H3,(H3,14,16,17,18);2-3,5,8,18H,4,6-7H2,1H3,(H3,13,15,16,17);3,5-6,8,18H,2,4,7H2,1H3,(H3,13,15,16,17)/t12-;8-;8-,10+;2*8-/m10001/s1. The van der Waals surface area contributed by atoms with E-state index in [9.17, 15) is 25.5 Å². The second-order valence-corrected chi connectivity index (χ2v) is 23.5. The second kappa shape index (κ2) is 38.0. The molecule has 0 unspecified atom stereocenters. The van der Waals surface area contributed by atoms with Gasteiger partial charge in [-0.3, -0.25) is 19.9 Å². The quantitative estimate of drug-likeness (QED) is 0.0261. The molecule has 0 radical (unpaired) electrons. The Balaban J connectivity index is 0.000000171. The highest BCUT2D eigenvalue weighted by Gasteiger charge is 2.20. The van der Waals surface area contributed by atoms with E-state index in [2.05, 4.69) is 129 Å². The van der Waals surface area contributed by atoms with E-state index in [4.69, 9.17) is 40.3 Å². The zero-order valence-electron chi connectivity index (χ0n) is 55.0. The van der Waals surface area contributed by atoms with Crippen LogP contribution in [0, 0.1) is 12.8 Å². The maximum Gasteiger partial charge on any atom is 0.222 e. The number of nitrogens with one attached hydrogen (secondary N) is 5. The highest BCUT2D eigenvalue weighted by molar-refractivity contribution is 7.98. The fourth-order valence-corrected chi connectivity index (χ4v) is 10.5. The van der Waals surface area contributed by atoms with E-state index in [-0.39, 0.29) is 93.0 Å². The summed E-state index contributed by atoms with van der Waals surface area (Å²) < 4.78 is 0. The van der Waals surface area contributed by atoms with Gasteiger partial charge in [0.05, 0.1) is 90.3 Å². The van der Waals surface area contributed by atoms with Crippen molar-refractivity contribution < 1.29 is 25.5 Å². The third kappa shape index (κ3) is 21.6. The van der Waals surface area contributed by atoms with Crippen molar-refractivity contribution in [3.63, 3.8) is 0 Å². The fourth-order valence-electron chi connectivity index (χ4n) is 9.73. The number of thioether (sulfide) groups is 1. The van der Waals surface area contributed by atoms with E-state index in [0.29, 0.717) is 95.2 Å². The molecule has 0 aliphatic rings. The largest absolute Gasteiger partial charge is 0.394 e. The van der Waals surface area contributed by atoms with Crippen molar-refractivity contribution in [1.82, 2.24) is 74.8 Å². The molecule has 11 rings (SSSR count). The molecule has 10 aromatic heterocycles. The number of anilines is 10. The Morgan fingerprint density at radius 2 is 0.814 bits per heavy atom. The molecule has 10 heterocycles. The zero-order chi connectivity index (χ0) is 69.8. The van der Waals surface area contributed by atoms with Gasteiger partial charge in [-0.1, -0.05) is 88.9 Å². The summed E-state index contributed by atoms with van der Waals surface area (Å²) in [6.45, 7) is 10.2. The molecule has 11 aromatic rings. The Morgan fingerprint density at radius 3 is 1.19 bits per heavy atom. The summed E-state index contributed by atoms with van der Waals surface area (Å²) in [5.41, 5.74) is 36.7. The first kappa shape index (κ1) is 74.5. The van der Waals surface area contributed by atoms with Crippen LogP contribution in [0.5, 0.6) is 0 Å². The molecule has 0 saturated heterocycles. The van der Waals surface area contributed by atoms with Crippen molar-refractivity contribution in [2.24, 2.45) is 5.92 Å². The summed E-state index contributed by atoms with van der Waals surface area (Å²) in [6.07, 6.45) is 14.2. The second-order valence-electron chi connectivity index (χ2n) is 22.1. The van der Waals surface area contributed by atoms with Crippen molar-refractivity contribution in [2.45, 2.75) is 103 Å². The van der Waals surface area contributed by atoms with Crippen molar-refractivity contribution in [1.29, 1.82) is 0 Å². The molecule has 0 spiro atoms. The fraction of sp³-hybridized carbons (Fsp3) is 0.369. The van der Waals surface area contributed by atoms with E-state index < -0.39 is 0 Å². The first-order chi connectivity index (χ1) is 47.0. The number of aliphatic hydroxyl groups is 5. The number of halogens is 1. The van der Waals surface area contributed by atoms with Gasteiger partial charge in [-0.25, -0.2) is 29.9 Å². The average Bonchev–Trinajstić information content (AvgIpc) is 0.827. The predicted octanol–water partition coefficient (Wildman–Crippen LogP) is 7.63. The van der Waals surface area contributed by atoms with Crippen LogP contribution in [0.25, 0.3) is 55.2 Å². The van der Waals surface area contributed by atoms with Crippen molar-refractivity contribution in [3.8, 4) is 0 Å². The molecule has 30 nitrogen and oxygen atoms in total. The average molecular weight is 1370 g/mol. The molecular weight excluding hydrogens is 1280 g/mol. The number of rotatable bonds is 25. The molecule has 514 valence electrons. The lowest BCUT2D eigenvalue weighted by Crippen LogP contribution is -2.31. The van der Waals surface area contributed by atoms with Crippen LogP contribution in [0.2, 0.25) is 5.02 Å². The Morgan fingerprint density at radius 1 is 0.433 bits per heavy atom. The molecule has 0 saturated carbocycles. The van der Waals surface area contributed by atoms with Crippen molar-refractivity contribution in [2.75, 3.05) is 100 Å². The van der Waals surface area contributed by atoms with Crippen molar-refractivity contribution in [3.05, 3.63) is 126 Å². The number of hydrogen-bond acceptors (Lipinski definition) is 31. The summed E-state index contributed by atoms with van der Waals surface area (Å²) >= 11 is 7.91. The van der Waals surface area contributed by atoms with E-state index >= 15 is 0 Å². The Hall–Kier alpha value is -9.89. The van der Waals surface area contributed by atoms with Gasteiger partial charge in [0.25, 0.3) is 0 Å². The minimum absolute atomic E-state index is 0.0127. The SMILES string of the molecule is CCC[C@@H](CO)Nc1nc(N)nc2c(Cl)cc(C)nc12.CCC[C@H](CO)Nc1nc(N)nc2cccnc12.CC[C@H](C)[C@@H](CO)Nc1nc(N)nc2cccnc12.CSCC[C@@H](CO)Nc1nc(N)nc2cccnc12.Nc1nc(N[C@H](CO)c2ccccc2)c2ncccc2n1. The van der Waals surface area contributed by atoms with Gasteiger partial charge in [-0.2, -0.15) is 36.7 Å². The molecule has 0 aliphatic carbocycles. The first-order valence-electron chi connectivity index (χ1n) is 31.5. The van der Waals surface area contributed by atoms with Gasteiger partial charge in [-0.15, -0.1) is 0 Å². The van der Waals surface area contributed by atoms with Crippen LogP contribution >= 0.6 is 23.4 Å². The van der Waals surface area contributed by atoms with E-state index in [0.717, 1.165) is 55.5 Å². The number of benzene rings is 1. The lowest BCUT2D eigenvalue weighted by molar-refractivity contribution is 0.241. The van der Waals surface area contributed by atoms with Crippen LogP contribution < -0.4 is 55.3 Å². The normalized spacial score (nSPS) is 12.8. The molecule has 0 amide bonds. The number of aryl methyl sites for hydroxylation is 1. The van der Waals surface area contributed by atoms with Crippen LogP contribution in [0.4, 0.5) is 58.8 Å². The highest BCUT2D eigenvalue weighted by Crippen LogP contribution is 2.29. The maximum atomic E-state index is 9.62. The Bertz CT molecular complexity index is 4260. The van der Waals surface area contributed by atoms with Crippen LogP contribution in [-0.4, -0.2) is 170 Å². The van der Waals surface area contributed by atoms with Crippen LogP contribution in [0.3, 0.4) is 0 Å².